The summed E-state index contributed by atoms with van der Waals surface area (Å²) < 4.78 is 5.32. The van der Waals surface area contributed by atoms with Crippen LogP contribution in [0.4, 0.5) is 0 Å². The van der Waals surface area contributed by atoms with E-state index < -0.39 is 0 Å². The van der Waals surface area contributed by atoms with Gasteiger partial charge in [0.25, 0.3) is 5.91 Å². The maximum Gasteiger partial charge on any atom is 0.251 e. The van der Waals surface area contributed by atoms with Crippen LogP contribution in [0.5, 0.6) is 0 Å². The summed E-state index contributed by atoms with van der Waals surface area (Å²) in [4.78, 5) is 16.3. The topological polar surface area (TPSA) is 91.5 Å². The van der Waals surface area contributed by atoms with E-state index in [2.05, 4.69) is 39.9 Å². The van der Waals surface area contributed by atoms with Crippen molar-refractivity contribution in [2.24, 2.45) is 4.99 Å². The zero-order valence-corrected chi connectivity index (χ0v) is 19.2. The molecule has 0 unspecified atom stereocenters. The van der Waals surface area contributed by atoms with Crippen LogP contribution in [-0.4, -0.2) is 30.6 Å². The molecule has 1 aromatic heterocycles. The van der Waals surface area contributed by atoms with Crippen molar-refractivity contribution in [2.75, 3.05) is 13.6 Å². The Hall–Kier alpha value is -2.10. The quantitative estimate of drug-likeness (QED) is 0.294. The number of nitrogens with one attached hydrogen (secondary N) is 3. The van der Waals surface area contributed by atoms with E-state index in [0.29, 0.717) is 37.1 Å². The molecule has 0 saturated heterocycles. The molecule has 7 nitrogen and oxygen atoms in total. The van der Waals surface area contributed by atoms with E-state index in [-0.39, 0.29) is 29.9 Å². The van der Waals surface area contributed by atoms with Crippen LogP contribution >= 0.6 is 24.0 Å². The lowest BCUT2D eigenvalue weighted by Crippen LogP contribution is -2.36. The number of aromatic nitrogens is 1. The van der Waals surface area contributed by atoms with Gasteiger partial charge in [0.1, 0.15) is 0 Å². The van der Waals surface area contributed by atoms with Crippen LogP contribution in [0.2, 0.25) is 0 Å². The van der Waals surface area contributed by atoms with Crippen molar-refractivity contribution < 1.29 is 9.32 Å². The van der Waals surface area contributed by atoms with Crippen molar-refractivity contribution in [3.63, 3.8) is 0 Å². The number of hydrogen-bond acceptors (Lipinski definition) is 4. The van der Waals surface area contributed by atoms with Gasteiger partial charge in [-0.2, -0.15) is 0 Å². The van der Waals surface area contributed by atoms with Gasteiger partial charge in [0.15, 0.2) is 11.7 Å². The van der Waals surface area contributed by atoms with Crippen LogP contribution in [0.25, 0.3) is 0 Å². The molecular formula is C20H30IN5O2. The van der Waals surface area contributed by atoms with Gasteiger partial charge in [0.05, 0.1) is 12.2 Å². The average molecular weight is 499 g/mol. The Kier molecular flexibility index (Phi) is 10.6. The van der Waals surface area contributed by atoms with Crippen molar-refractivity contribution in [1.29, 1.82) is 0 Å². The van der Waals surface area contributed by atoms with Gasteiger partial charge in [-0.1, -0.05) is 38.1 Å². The third kappa shape index (κ3) is 7.49. The number of hydrogen-bond donors (Lipinski definition) is 3. The van der Waals surface area contributed by atoms with Crippen LogP contribution in [0.3, 0.4) is 0 Å². The number of halogens is 1. The molecule has 2 rings (SSSR count). The summed E-state index contributed by atoms with van der Waals surface area (Å²) in [5, 5.41) is 13.4. The molecular weight excluding hydrogens is 469 g/mol. The van der Waals surface area contributed by atoms with E-state index in [1.807, 2.05) is 37.3 Å². The second-order valence-corrected chi connectivity index (χ2v) is 6.61. The van der Waals surface area contributed by atoms with E-state index in [4.69, 9.17) is 4.52 Å². The monoisotopic (exact) mass is 499 g/mol. The van der Waals surface area contributed by atoms with Crippen LogP contribution in [-0.2, 0) is 13.1 Å². The normalized spacial score (nSPS) is 11.1. The van der Waals surface area contributed by atoms with E-state index in [1.165, 1.54) is 0 Å². The van der Waals surface area contributed by atoms with Gasteiger partial charge < -0.3 is 20.5 Å². The van der Waals surface area contributed by atoms with Gasteiger partial charge in [-0.05, 0) is 30.0 Å². The Bertz CT molecular complexity index is 773. The summed E-state index contributed by atoms with van der Waals surface area (Å²) in [6.45, 7) is 7.92. The van der Waals surface area contributed by atoms with Gasteiger partial charge in [-0.25, -0.2) is 0 Å². The summed E-state index contributed by atoms with van der Waals surface area (Å²) in [6.07, 6.45) is 0.916. The molecule has 8 heteroatoms. The fraction of sp³-hybridized carbons (Fsp3) is 0.450. The standard InChI is InChI=1S/C20H29N5O2.HI/c1-5-9-22-19(26)16-8-6-7-15(10-16)12-23-20(21-4)24-13-17-11-18(14(2)3)25-27-17;/h6-8,10-11,14H,5,9,12-13H2,1-4H3,(H,22,26)(H2,21,23,24);1H. The second kappa shape index (κ2) is 12.4. The number of carbonyl (C=O) groups excluding carboxylic acids is 1. The fourth-order valence-electron chi connectivity index (χ4n) is 2.42. The molecule has 1 aromatic carbocycles. The zero-order chi connectivity index (χ0) is 19.6. The molecule has 2 aromatic rings. The van der Waals surface area contributed by atoms with Crippen LogP contribution in [0.1, 0.15) is 60.5 Å². The summed E-state index contributed by atoms with van der Waals surface area (Å²) in [6, 6.07) is 9.51. The Balaban J connectivity index is 0.00000392. The minimum absolute atomic E-state index is 0. The molecule has 0 saturated carbocycles. The number of rotatable bonds is 8. The number of nitrogens with zero attached hydrogens (tertiary/aromatic N) is 2. The third-order valence-corrected chi connectivity index (χ3v) is 4.01. The van der Waals surface area contributed by atoms with Crippen LogP contribution in [0.15, 0.2) is 39.8 Å². The molecule has 0 fully saturated rings. The molecule has 0 aliphatic carbocycles. The van der Waals surface area contributed by atoms with Crippen molar-refractivity contribution in [3.05, 3.63) is 52.9 Å². The highest BCUT2D eigenvalue weighted by Crippen LogP contribution is 2.13. The predicted molar refractivity (Wildman–Crippen MR) is 122 cm³/mol. The first-order chi connectivity index (χ1) is 13.0. The minimum atomic E-state index is -0.0486. The Morgan fingerprint density at radius 1 is 1.18 bits per heavy atom. The van der Waals surface area contributed by atoms with Crippen molar-refractivity contribution in [3.8, 4) is 0 Å². The molecule has 0 bridgehead atoms. The number of carbonyl (C=O) groups is 1. The van der Waals surface area contributed by atoms with E-state index in [1.54, 1.807) is 7.05 Å². The number of aliphatic imine (C=N–C) groups is 1. The van der Waals surface area contributed by atoms with Gasteiger partial charge in [-0.15, -0.1) is 24.0 Å². The predicted octanol–water partition coefficient (Wildman–Crippen LogP) is 3.42. The number of benzene rings is 1. The lowest BCUT2D eigenvalue weighted by Gasteiger charge is -2.11. The highest BCUT2D eigenvalue weighted by molar-refractivity contribution is 14.0. The SMILES string of the molecule is CCCNC(=O)c1cccc(CNC(=NC)NCc2cc(C(C)C)no2)c1.I. The van der Waals surface area contributed by atoms with Gasteiger partial charge >= 0.3 is 0 Å². The lowest BCUT2D eigenvalue weighted by molar-refractivity contribution is 0.0953. The van der Waals surface area contributed by atoms with Crippen LogP contribution < -0.4 is 16.0 Å². The average Bonchev–Trinajstić information content (AvgIpc) is 3.16. The first-order valence-corrected chi connectivity index (χ1v) is 9.30. The van der Waals surface area contributed by atoms with Crippen LogP contribution in [0, 0.1) is 0 Å². The first-order valence-electron chi connectivity index (χ1n) is 9.30. The largest absolute Gasteiger partial charge is 0.359 e. The van der Waals surface area contributed by atoms with Gasteiger partial charge in [0, 0.05) is 31.8 Å². The maximum absolute atomic E-state index is 12.1. The molecule has 1 heterocycles. The maximum atomic E-state index is 12.1. The van der Waals surface area contributed by atoms with E-state index in [0.717, 1.165) is 23.4 Å². The summed E-state index contributed by atoms with van der Waals surface area (Å²) >= 11 is 0. The Labute approximate surface area is 183 Å². The molecule has 0 radical (unpaired) electrons. The zero-order valence-electron chi connectivity index (χ0n) is 16.9. The van der Waals surface area contributed by atoms with Crippen molar-refractivity contribution in [2.45, 2.75) is 46.2 Å². The molecule has 0 aliphatic heterocycles. The third-order valence-electron chi connectivity index (χ3n) is 4.01. The number of guanidine groups is 1. The van der Waals surface area contributed by atoms with E-state index >= 15 is 0 Å². The fourth-order valence-corrected chi connectivity index (χ4v) is 2.42. The molecule has 0 aliphatic rings. The lowest BCUT2D eigenvalue weighted by atomic mass is 10.1. The molecule has 154 valence electrons. The van der Waals surface area contributed by atoms with Gasteiger partial charge in [-0.3, -0.25) is 9.79 Å². The first kappa shape index (κ1) is 23.9. The Morgan fingerprint density at radius 2 is 1.93 bits per heavy atom. The molecule has 0 atom stereocenters. The van der Waals surface area contributed by atoms with Crippen molar-refractivity contribution in [1.82, 2.24) is 21.1 Å². The number of amides is 1. The van der Waals surface area contributed by atoms with E-state index in [9.17, 15) is 4.79 Å². The molecule has 1 amide bonds. The highest BCUT2D eigenvalue weighted by Gasteiger charge is 2.09. The van der Waals surface area contributed by atoms with Crippen molar-refractivity contribution >= 4 is 35.8 Å². The summed E-state index contributed by atoms with van der Waals surface area (Å²) in [7, 11) is 1.71. The summed E-state index contributed by atoms with van der Waals surface area (Å²) in [5.74, 6) is 1.70. The summed E-state index contributed by atoms with van der Waals surface area (Å²) in [5.41, 5.74) is 2.60. The molecule has 3 N–H and O–H groups in total. The van der Waals surface area contributed by atoms with Gasteiger partial charge in [0.2, 0.25) is 0 Å². The smallest absolute Gasteiger partial charge is 0.251 e. The Morgan fingerprint density at radius 3 is 2.57 bits per heavy atom. The highest BCUT2D eigenvalue weighted by atomic mass is 127. The molecule has 0 spiro atoms. The second-order valence-electron chi connectivity index (χ2n) is 6.61. The minimum Gasteiger partial charge on any atom is -0.359 e. The molecule has 28 heavy (non-hydrogen) atoms.